The summed E-state index contributed by atoms with van der Waals surface area (Å²) in [5.74, 6) is -1.33. The molecule has 0 spiro atoms. The molecule has 0 saturated carbocycles. The van der Waals surface area contributed by atoms with Gasteiger partial charge in [0.2, 0.25) is 0 Å². The highest BCUT2D eigenvalue weighted by Gasteiger charge is 2.34. The van der Waals surface area contributed by atoms with Gasteiger partial charge >= 0.3 is 18.2 Å². The van der Waals surface area contributed by atoms with Gasteiger partial charge in [0.15, 0.2) is 0 Å². The minimum atomic E-state index is -4.69. The Bertz CT molecular complexity index is 505. The Labute approximate surface area is 110 Å². The van der Waals surface area contributed by atoms with Crippen LogP contribution in [0.4, 0.5) is 23.7 Å². The van der Waals surface area contributed by atoms with E-state index >= 15 is 0 Å². The average Bonchev–Trinajstić information content (AvgIpc) is 2.27. The molecule has 0 saturated heterocycles. The van der Waals surface area contributed by atoms with Crippen molar-refractivity contribution < 1.29 is 27.9 Å². The molecule has 0 unspecified atom stereocenters. The smallest absolute Gasteiger partial charge is 0.418 e. The van der Waals surface area contributed by atoms with Crippen molar-refractivity contribution in [1.82, 2.24) is 5.32 Å². The number of anilines is 1. The quantitative estimate of drug-likeness (QED) is 0.802. The molecule has 104 valence electrons. The lowest BCUT2D eigenvalue weighted by molar-refractivity contribution is -0.137. The highest BCUT2D eigenvalue weighted by atomic mass is 35.5. The number of hydrogen-bond acceptors (Lipinski definition) is 2. The largest absolute Gasteiger partial charge is 0.480 e. The first-order valence-electron chi connectivity index (χ1n) is 4.84. The summed E-state index contributed by atoms with van der Waals surface area (Å²) in [6.45, 7) is -0.725. The van der Waals surface area contributed by atoms with Gasteiger partial charge in [-0.25, -0.2) is 4.79 Å². The molecular formula is C10H8ClF3N2O3. The lowest BCUT2D eigenvalue weighted by atomic mass is 10.1. The Balaban J connectivity index is 2.94. The Morgan fingerprint density at radius 3 is 2.47 bits per heavy atom. The highest BCUT2D eigenvalue weighted by Crippen LogP contribution is 2.38. The van der Waals surface area contributed by atoms with Crippen LogP contribution in [0, 0.1) is 0 Å². The van der Waals surface area contributed by atoms with E-state index in [1.54, 1.807) is 0 Å². The topological polar surface area (TPSA) is 78.4 Å². The van der Waals surface area contributed by atoms with Crippen LogP contribution in [0.15, 0.2) is 18.2 Å². The summed E-state index contributed by atoms with van der Waals surface area (Å²) < 4.78 is 38.0. The number of para-hydroxylation sites is 1. The molecule has 0 bridgehead atoms. The van der Waals surface area contributed by atoms with E-state index in [9.17, 15) is 22.8 Å². The standard InChI is InChI=1S/C10H8ClF3N2O3/c11-6-3-1-2-5(10(12,13)14)8(6)16-9(19)15-4-7(17)18/h1-3H,4H2,(H,17,18)(H2,15,16,19). The Morgan fingerprint density at radius 1 is 1.32 bits per heavy atom. The lowest BCUT2D eigenvalue weighted by Crippen LogP contribution is -2.33. The summed E-state index contributed by atoms with van der Waals surface area (Å²) in [7, 11) is 0. The van der Waals surface area contributed by atoms with Gasteiger partial charge < -0.3 is 15.7 Å². The molecule has 5 nitrogen and oxygen atoms in total. The highest BCUT2D eigenvalue weighted by molar-refractivity contribution is 6.33. The first-order chi connectivity index (χ1) is 8.71. The van der Waals surface area contributed by atoms with Crippen molar-refractivity contribution in [1.29, 1.82) is 0 Å². The van der Waals surface area contributed by atoms with Crippen molar-refractivity contribution in [2.24, 2.45) is 0 Å². The van der Waals surface area contributed by atoms with Crippen molar-refractivity contribution in [2.75, 3.05) is 11.9 Å². The molecule has 0 aliphatic rings. The van der Waals surface area contributed by atoms with Crippen molar-refractivity contribution in [3.05, 3.63) is 28.8 Å². The molecule has 0 fully saturated rings. The summed E-state index contributed by atoms with van der Waals surface area (Å²) >= 11 is 5.58. The Kier molecular flexibility index (Phi) is 4.60. The second-order valence-electron chi connectivity index (χ2n) is 3.36. The monoisotopic (exact) mass is 296 g/mol. The van der Waals surface area contributed by atoms with E-state index < -0.39 is 36.0 Å². The number of halogens is 4. The Hall–Kier alpha value is -1.96. The zero-order valence-electron chi connectivity index (χ0n) is 9.21. The van der Waals surface area contributed by atoms with E-state index in [0.717, 1.165) is 12.1 Å². The van der Waals surface area contributed by atoms with Crippen LogP contribution in [-0.2, 0) is 11.0 Å². The maximum atomic E-state index is 12.7. The number of aliphatic carboxylic acids is 1. The molecule has 0 radical (unpaired) electrons. The van der Waals surface area contributed by atoms with Crippen LogP contribution in [0.5, 0.6) is 0 Å². The summed E-state index contributed by atoms with van der Waals surface area (Å²) in [5.41, 5.74) is -1.75. The molecule has 2 amide bonds. The van der Waals surface area contributed by atoms with E-state index in [1.807, 2.05) is 10.6 Å². The molecule has 9 heteroatoms. The van der Waals surface area contributed by atoms with Gasteiger partial charge in [-0.15, -0.1) is 0 Å². The van der Waals surface area contributed by atoms with Gasteiger partial charge in [-0.1, -0.05) is 17.7 Å². The van der Waals surface area contributed by atoms with Crippen LogP contribution in [0.2, 0.25) is 5.02 Å². The third-order valence-electron chi connectivity index (χ3n) is 1.96. The van der Waals surface area contributed by atoms with Crippen LogP contribution < -0.4 is 10.6 Å². The van der Waals surface area contributed by atoms with Gasteiger partial charge in [-0.05, 0) is 12.1 Å². The van der Waals surface area contributed by atoms with Gasteiger partial charge in [-0.3, -0.25) is 4.79 Å². The fourth-order valence-electron chi connectivity index (χ4n) is 1.20. The van der Waals surface area contributed by atoms with Gasteiger partial charge in [0, 0.05) is 0 Å². The van der Waals surface area contributed by atoms with Crippen molar-refractivity contribution in [3.8, 4) is 0 Å². The van der Waals surface area contributed by atoms with Gasteiger partial charge in [-0.2, -0.15) is 13.2 Å². The third-order valence-corrected chi connectivity index (χ3v) is 2.27. The number of carboxylic acids is 1. The van der Waals surface area contributed by atoms with Crippen LogP contribution >= 0.6 is 11.6 Å². The number of urea groups is 1. The summed E-state index contributed by atoms with van der Waals surface area (Å²) in [6, 6.07) is 1.91. The number of hydrogen-bond donors (Lipinski definition) is 3. The molecule has 0 heterocycles. The summed E-state index contributed by atoms with van der Waals surface area (Å²) in [5, 5.41) is 11.7. The number of carboxylic acid groups (broad SMARTS) is 1. The zero-order valence-corrected chi connectivity index (χ0v) is 9.97. The molecule has 1 aromatic rings. The van der Waals surface area contributed by atoms with Crippen molar-refractivity contribution in [3.63, 3.8) is 0 Å². The fraction of sp³-hybridized carbons (Fsp3) is 0.200. The van der Waals surface area contributed by atoms with Gasteiger partial charge in [0.25, 0.3) is 0 Å². The number of amides is 2. The maximum absolute atomic E-state index is 12.7. The molecule has 19 heavy (non-hydrogen) atoms. The first kappa shape index (κ1) is 15.1. The van der Waals surface area contributed by atoms with Gasteiger partial charge in [0.05, 0.1) is 16.3 Å². The molecular weight excluding hydrogens is 289 g/mol. The van der Waals surface area contributed by atoms with E-state index in [-0.39, 0.29) is 5.02 Å². The number of nitrogens with one attached hydrogen (secondary N) is 2. The predicted molar refractivity (Wildman–Crippen MR) is 61.1 cm³/mol. The number of alkyl halides is 3. The van der Waals surface area contributed by atoms with Crippen LogP contribution in [0.25, 0.3) is 0 Å². The van der Waals surface area contributed by atoms with E-state index in [4.69, 9.17) is 16.7 Å². The van der Waals surface area contributed by atoms with E-state index in [0.29, 0.717) is 0 Å². The Morgan fingerprint density at radius 2 is 1.95 bits per heavy atom. The fourth-order valence-corrected chi connectivity index (χ4v) is 1.42. The second kappa shape index (κ2) is 5.79. The molecule has 3 N–H and O–H groups in total. The van der Waals surface area contributed by atoms with E-state index in [1.165, 1.54) is 6.07 Å². The number of benzene rings is 1. The van der Waals surface area contributed by atoms with Gasteiger partial charge in [0.1, 0.15) is 6.54 Å². The molecule has 1 rings (SSSR count). The summed E-state index contributed by atoms with van der Waals surface area (Å²) in [6.07, 6.45) is -4.69. The molecule has 0 aromatic heterocycles. The normalized spacial score (nSPS) is 10.9. The average molecular weight is 297 g/mol. The molecule has 1 aromatic carbocycles. The SMILES string of the molecule is O=C(O)CNC(=O)Nc1c(Cl)cccc1C(F)(F)F. The lowest BCUT2D eigenvalue weighted by Gasteiger charge is -2.15. The van der Waals surface area contributed by atoms with Crippen LogP contribution in [0.1, 0.15) is 5.56 Å². The zero-order chi connectivity index (χ0) is 14.6. The third kappa shape index (κ3) is 4.32. The maximum Gasteiger partial charge on any atom is 0.418 e. The minimum Gasteiger partial charge on any atom is -0.480 e. The summed E-state index contributed by atoms with van der Waals surface area (Å²) in [4.78, 5) is 21.4. The van der Waals surface area contributed by atoms with Crippen LogP contribution in [0.3, 0.4) is 0 Å². The first-order valence-corrected chi connectivity index (χ1v) is 5.22. The minimum absolute atomic E-state index is 0.305. The predicted octanol–water partition coefficient (Wildman–Crippen LogP) is 2.56. The van der Waals surface area contributed by atoms with Crippen molar-refractivity contribution in [2.45, 2.75) is 6.18 Å². The van der Waals surface area contributed by atoms with Crippen LogP contribution in [-0.4, -0.2) is 23.7 Å². The van der Waals surface area contributed by atoms with Crippen molar-refractivity contribution >= 4 is 29.3 Å². The molecule has 0 atom stereocenters. The van der Waals surface area contributed by atoms with E-state index in [2.05, 4.69) is 0 Å². The molecule has 0 aliphatic heterocycles. The second-order valence-corrected chi connectivity index (χ2v) is 3.77. The molecule has 0 aliphatic carbocycles. The number of rotatable bonds is 3. The number of carbonyl (C=O) groups excluding carboxylic acids is 1. The number of carbonyl (C=O) groups is 2.